The topological polar surface area (TPSA) is 41.6 Å². The highest BCUT2D eigenvalue weighted by Crippen LogP contribution is 2.21. The Hall–Kier alpha value is -2.40. The van der Waals surface area contributed by atoms with Gasteiger partial charge in [-0.1, -0.05) is 30.3 Å². The number of likely N-dealkylation sites (tertiary alicyclic amines) is 1. The lowest BCUT2D eigenvalue weighted by Gasteiger charge is -2.24. The first-order valence-electron chi connectivity index (χ1n) is 9.03. The summed E-state index contributed by atoms with van der Waals surface area (Å²) >= 11 is 0. The number of rotatable bonds is 7. The van der Waals surface area contributed by atoms with Crippen LogP contribution in [0.1, 0.15) is 24.0 Å². The summed E-state index contributed by atoms with van der Waals surface area (Å²) in [6, 6.07) is 14.7. The van der Waals surface area contributed by atoms with E-state index in [1.54, 1.807) is 19.2 Å². The predicted molar refractivity (Wildman–Crippen MR) is 99.5 cm³/mol. The molecule has 1 aliphatic rings. The number of carbonyl (C=O) groups is 1. The highest BCUT2D eigenvalue weighted by molar-refractivity contribution is 5.78. The van der Waals surface area contributed by atoms with Gasteiger partial charge in [-0.15, -0.1) is 0 Å². The van der Waals surface area contributed by atoms with Gasteiger partial charge in [-0.05, 0) is 49.6 Å². The van der Waals surface area contributed by atoms with Crippen molar-refractivity contribution in [2.24, 2.45) is 0 Å². The molecule has 1 saturated heterocycles. The van der Waals surface area contributed by atoms with Gasteiger partial charge in [-0.2, -0.15) is 0 Å². The first kappa shape index (κ1) is 18.4. The number of amides is 1. The van der Waals surface area contributed by atoms with Crippen LogP contribution < -0.4 is 10.1 Å². The van der Waals surface area contributed by atoms with Crippen LogP contribution in [-0.2, 0) is 17.8 Å². The van der Waals surface area contributed by atoms with E-state index in [4.69, 9.17) is 4.74 Å². The number of halogens is 1. The Labute approximate surface area is 154 Å². The predicted octanol–water partition coefficient (Wildman–Crippen LogP) is 3.16. The van der Waals surface area contributed by atoms with Crippen molar-refractivity contribution in [1.29, 1.82) is 0 Å². The summed E-state index contributed by atoms with van der Waals surface area (Å²) < 4.78 is 18.7. The van der Waals surface area contributed by atoms with E-state index in [-0.39, 0.29) is 17.8 Å². The van der Waals surface area contributed by atoms with Gasteiger partial charge >= 0.3 is 0 Å². The third-order valence-electron chi connectivity index (χ3n) is 4.87. The monoisotopic (exact) mass is 356 g/mol. The second-order valence-electron chi connectivity index (χ2n) is 6.69. The number of ether oxygens (including phenoxy) is 1. The summed E-state index contributed by atoms with van der Waals surface area (Å²) in [6.07, 6.45) is 2.88. The van der Waals surface area contributed by atoms with Gasteiger partial charge in [-0.25, -0.2) is 4.39 Å². The third kappa shape index (κ3) is 4.82. The molecule has 26 heavy (non-hydrogen) atoms. The first-order chi connectivity index (χ1) is 12.7. The van der Waals surface area contributed by atoms with Gasteiger partial charge < -0.3 is 10.1 Å². The molecule has 1 unspecified atom stereocenters. The summed E-state index contributed by atoms with van der Waals surface area (Å²) in [5.41, 5.74) is 1.94. The highest BCUT2D eigenvalue weighted by Gasteiger charge is 2.26. The second-order valence-corrected chi connectivity index (χ2v) is 6.69. The van der Waals surface area contributed by atoms with Crippen LogP contribution >= 0.6 is 0 Å². The van der Waals surface area contributed by atoms with Gasteiger partial charge in [0, 0.05) is 18.2 Å². The number of nitrogens with zero attached hydrogens (tertiary/aromatic N) is 1. The van der Waals surface area contributed by atoms with Crippen LogP contribution in [0, 0.1) is 5.82 Å². The number of hydrogen-bond acceptors (Lipinski definition) is 3. The van der Waals surface area contributed by atoms with Gasteiger partial charge in [0.1, 0.15) is 11.6 Å². The Kier molecular flexibility index (Phi) is 6.23. The van der Waals surface area contributed by atoms with Crippen LogP contribution in [0.3, 0.4) is 0 Å². The van der Waals surface area contributed by atoms with E-state index in [1.807, 2.05) is 30.3 Å². The van der Waals surface area contributed by atoms with Gasteiger partial charge in [0.2, 0.25) is 5.91 Å². The number of hydrogen-bond donors (Lipinski definition) is 1. The van der Waals surface area contributed by atoms with E-state index in [0.717, 1.165) is 42.7 Å². The summed E-state index contributed by atoms with van der Waals surface area (Å²) in [5, 5.41) is 2.97. The van der Waals surface area contributed by atoms with Gasteiger partial charge in [0.25, 0.3) is 0 Å². The van der Waals surface area contributed by atoms with Crippen LogP contribution in [-0.4, -0.2) is 37.0 Å². The molecule has 0 bridgehead atoms. The normalized spacial score (nSPS) is 17.2. The molecule has 1 heterocycles. The Morgan fingerprint density at radius 3 is 2.92 bits per heavy atom. The molecule has 4 nitrogen and oxygen atoms in total. The van der Waals surface area contributed by atoms with Crippen LogP contribution in [0.25, 0.3) is 0 Å². The largest absolute Gasteiger partial charge is 0.496 e. The highest BCUT2D eigenvalue weighted by atomic mass is 19.1. The minimum atomic E-state index is -0.207. The molecule has 0 radical (unpaired) electrons. The third-order valence-corrected chi connectivity index (χ3v) is 4.87. The molecule has 1 atom stereocenters. The van der Waals surface area contributed by atoms with E-state index < -0.39 is 0 Å². The Bertz CT molecular complexity index is 750. The maximum absolute atomic E-state index is 13.4. The van der Waals surface area contributed by atoms with E-state index in [9.17, 15) is 9.18 Å². The average molecular weight is 356 g/mol. The molecule has 1 fully saturated rings. The molecular weight excluding hydrogens is 331 g/mol. The Morgan fingerprint density at radius 2 is 2.12 bits per heavy atom. The molecule has 138 valence electrons. The quantitative estimate of drug-likeness (QED) is 0.829. The fourth-order valence-corrected chi connectivity index (χ4v) is 3.55. The van der Waals surface area contributed by atoms with E-state index in [1.165, 1.54) is 6.07 Å². The lowest BCUT2D eigenvalue weighted by Crippen LogP contribution is -2.40. The fourth-order valence-electron chi connectivity index (χ4n) is 3.55. The number of methoxy groups -OCH3 is 1. The number of para-hydroxylation sites is 1. The van der Waals surface area contributed by atoms with Crippen molar-refractivity contribution < 1.29 is 13.9 Å². The zero-order valence-corrected chi connectivity index (χ0v) is 15.1. The summed E-state index contributed by atoms with van der Waals surface area (Å²) in [7, 11) is 1.63. The molecule has 1 amide bonds. The van der Waals surface area contributed by atoms with Crippen LogP contribution in [0.2, 0.25) is 0 Å². The number of benzene rings is 2. The minimum Gasteiger partial charge on any atom is -0.496 e. The van der Waals surface area contributed by atoms with Crippen molar-refractivity contribution >= 4 is 5.91 Å². The lowest BCUT2D eigenvalue weighted by molar-refractivity contribution is -0.122. The van der Waals surface area contributed by atoms with Crippen molar-refractivity contribution in [3.63, 3.8) is 0 Å². The zero-order chi connectivity index (χ0) is 18.4. The van der Waals surface area contributed by atoms with Crippen LogP contribution in [0.5, 0.6) is 5.75 Å². The first-order valence-corrected chi connectivity index (χ1v) is 9.03. The molecule has 2 aromatic carbocycles. The minimum absolute atomic E-state index is 0.00190. The molecule has 5 heteroatoms. The average Bonchev–Trinajstić information content (AvgIpc) is 3.07. The molecule has 0 aliphatic carbocycles. The molecule has 0 aromatic heterocycles. The Balaban J connectivity index is 1.53. The molecule has 1 aliphatic heterocycles. The molecule has 3 rings (SSSR count). The van der Waals surface area contributed by atoms with E-state index in [2.05, 4.69) is 10.2 Å². The SMILES string of the molecule is COc1ccccc1CNC(=O)CN1CCCC1Cc1cccc(F)c1. The molecule has 0 saturated carbocycles. The van der Waals surface area contributed by atoms with Crippen molar-refractivity contribution in [1.82, 2.24) is 10.2 Å². The van der Waals surface area contributed by atoms with Crippen LogP contribution in [0.15, 0.2) is 48.5 Å². The lowest BCUT2D eigenvalue weighted by atomic mass is 10.0. The standard InChI is InChI=1S/C21H25FN2O2/c1-26-20-10-3-2-7-17(20)14-23-21(25)15-24-11-5-9-19(24)13-16-6-4-8-18(22)12-16/h2-4,6-8,10,12,19H,5,9,11,13-15H2,1H3,(H,23,25). The van der Waals surface area contributed by atoms with E-state index in [0.29, 0.717) is 13.1 Å². The molecule has 0 spiro atoms. The molecule has 2 aromatic rings. The van der Waals surface area contributed by atoms with Crippen LogP contribution in [0.4, 0.5) is 4.39 Å². The van der Waals surface area contributed by atoms with Gasteiger partial charge in [0.05, 0.1) is 13.7 Å². The maximum Gasteiger partial charge on any atom is 0.234 e. The molecule has 1 N–H and O–H groups in total. The van der Waals surface area contributed by atoms with Gasteiger partial charge in [-0.3, -0.25) is 9.69 Å². The maximum atomic E-state index is 13.4. The number of carbonyl (C=O) groups excluding carboxylic acids is 1. The van der Waals surface area contributed by atoms with Crippen molar-refractivity contribution in [2.75, 3.05) is 20.2 Å². The summed E-state index contributed by atoms with van der Waals surface area (Å²) in [6.45, 7) is 1.72. The Morgan fingerprint density at radius 1 is 1.27 bits per heavy atom. The molecular formula is C21H25FN2O2. The summed E-state index contributed by atoms with van der Waals surface area (Å²) in [5.74, 6) is 0.571. The van der Waals surface area contributed by atoms with Gasteiger partial charge in [0.15, 0.2) is 0 Å². The second kappa shape index (κ2) is 8.81. The zero-order valence-electron chi connectivity index (χ0n) is 15.1. The fraction of sp³-hybridized carbons (Fsp3) is 0.381. The number of nitrogens with one attached hydrogen (secondary N) is 1. The summed E-state index contributed by atoms with van der Waals surface area (Å²) in [4.78, 5) is 14.6. The van der Waals surface area contributed by atoms with Crippen molar-refractivity contribution in [3.05, 3.63) is 65.5 Å². The van der Waals surface area contributed by atoms with Crippen molar-refractivity contribution in [2.45, 2.75) is 31.8 Å². The smallest absolute Gasteiger partial charge is 0.234 e. The van der Waals surface area contributed by atoms with Crippen molar-refractivity contribution in [3.8, 4) is 5.75 Å². The van der Waals surface area contributed by atoms with E-state index >= 15 is 0 Å².